The molecule has 0 bridgehead atoms. The Bertz CT molecular complexity index is 950. The molecule has 0 radical (unpaired) electrons. The van der Waals surface area contributed by atoms with Gasteiger partial charge in [-0.05, 0) is 12.1 Å². The van der Waals surface area contributed by atoms with Gasteiger partial charge in [-0.15, -0.1) is 0 Å². The van der Waals surface area contributed by atoms with Crippen LogP contribution in [0.4, 0.5) is 5.82 Å². The molecule has 3 aromatic heterocycles. The van der Waals surface area contributed by atoms with Crippen molar-refractivity contribution in [1.29, 1.82) is 0 Å². The second-order valence-electron chi connectivity index (χ2n) is 6.47. The van der Waals surface area contributed by atoms with Crippen LogP contribution in [0.2, 0.25) is 0 Å². The topological polar surface area (TPSA) is 76.7 Å². The first-order valence-corrected chi connectivity index (χ1v) is 8.71. The average molecular weight is 354 g/mol. The van der Waals surface area contributed by atoms with Crippen molar-refractivity contribution in [1.82, 2.24) is 23.8 Å². The van der Waals surface area contributed by atoms with Gasteiger partial charge in [0.2, 0.25) is 0 Å². The summed E-state index contributed by atoms with van der Waals surface area (Å²) in [6, 6.07) is 6.16. The summed E-state index contributed by atoms with van der Waals surface area (Å²) < 4.78 is 9.47. The summed E-state index contributed by atoms with van der Waals surface area (Å²) in [5.74, 6) is 0.360. The number of rotatable bonds is 5. The van der Waals surface area contributed by atoms with E-state index in [4.69, 9.17) is 4.74 Å². The maximum Gasteiger partial charge on any atom is 0.293 e. The van der Waals surface area contributed by atoms with Gasteiger partial charge in [0.25, 0.3) is 5.56 Å². The number of anilines is 1. The lowest BCUT2D eigenvalue weighted by Crippen LogP contribution is -2.45. The first-order chi connectivity index (χ1) is 12.7. The normalized spacial score (nSPS) is 18.3. The van der Waals surface area contributed by atoms with E-state index >= 15 is 0 Å². The highest BCUT2D eigenvalue weighted by molar-refractivity contribution is 5.39. The van der Waals surface area contributed by atoms with E-state index < -0.39 is 0 Å². The molecule has 8 heteroatoms. The van der Waals surface area contributed by atoms with Crippen molar-refractivity contribution in [3.05, 3.63) is 59.0 Å². The number of imidazole rings is 1. The molecular weight excluding hydrogens is 332 g/mol. The van der Waals surface area contributed by atoms with Crippen LogP contribution in [-0.2, 0) is 18.3 Å². The summed E-state index contributed by atoms with van der Waals surface area (Å²) in [6.07, 6.45) is 7.07. The van der Waals surface area contributed by atoms with E-state index in [-0.39, 0.29) is 11.7 Å². The molecule has 1 fully saturated rings. The fourth-order valence-corrected chi connectivity index (χ4v) is 3.24. The Kier molecular flexibility index (Phi) is 4.68. The molecule has 0 saturated carbocycles. The largest absolute Gasteiger partial charge is 0.374 e. The highest BCUT2D eigenvalue weighted by Gasteiger charge is 2.21. The highest BCUT2D eigenvalue weighted by atomic mass is 16.5. The number of hydrogen-bond acceptors (Lipinski definition) is 6. The fourth-order valence-electron chi connectivity index (χ4n) is 3.24. The maximum atomic E-state index is 12.0. The number of aromatic nitrogens is 4. The maximum absolute atomic E-state index is 12.0. The molecule has 26 heavy (non-hydrogen) atoms. The number of nitrogens with one attached hydrogen (secondary N) is 1. The van der Waals surface area contributed by atoms with Crippen LogP contribution in [0, 0.1) is 0 Å². The third-order valence-electron chi connectivity index (χ3n) is 4.64. The molecule has 1 atom stereocenters. The standard InChI is InChI=1S/C18H22N6O2/c1-22-7-5-20-17(18(22)25)21-11-15-13-23(9-10-26-15)12-14-3-2-4-16-19-6-8-24(14)16/h2-8,15H,9-13H2,1H3,(H,20,21)/t15-/m1/s1. The van der Waals surface area contributed by atoms with Gasteiger partial charge in [-0.25, -0.2) is 9.97 Å². The molecule has 0 spiro atoms. The van der Waals surface area contributed by atoms with Gasteiger partial charge in [0.05, 0.1) is 12.7 Å². The van der Waals surface area contributed by atoms with Crippen molar-refractivity contribution in [3.63, 3.8) is 0 Å². The van der Waals surface area contributed by atoms with Gasteiger partial charge in [-0.1, -0.05) is 6.07 Å². The summed E-state index contributed by atoms with van der Waals surface area (Å²) in [4.78, 5) is 22.8. The highest BCUT2D eigenvalue weighted by Crippen LogP contribution is 2.13. The van der Waals surface area contributed by atoms with Gasteiger partial charge < -0.3 is 19.0 Å². The first-order valence-electron chi connectivity index (χ1n) is 8.71. The van der Waals surface area contributed by atoms with E-state index in [9.17, 15) is 4.79 Å². The smallest absolute Gasteiger partial charge is 0.293 e. The number of pyridine rings is 1. The molecule has 8 nitrogen and oxygen atoms in total. The molecule has 3 aromatic rings. The van der Waals surface area contributed by atoms with Crippen LogP contribution in [-0.4, -0.2) is 56.2 Å². The molecular formula is C18H22N6O2. The second-order valence-corrected chi connectivity index (χ2v) is 6.47. The molecule has 1 N–H and O–H groups in total. The Morgan fingerprint density at radius 1 is 1.27 bits per heavy atom. The minimum absolute atomic E-state index is 0.0115. The van der Waals surface area contributed by atoms with E-state index in [0.29, 0.717) is 19.0 Å². The molecule has 136 valence electrons. The lowest BCUT2D eigenvalue weighted by atomic mass is 10.2. The number of hydrogen-bond donors (Lipinski definition) is 1. The molecule has 1 saturated heterocycles. The van der Waals surface area contributed by atoms with Gasteiger partial charge in [0.1, 0.15) is 5.65 Å². The van der Waals surface area contributed by atoms with E-state index in [1.54, 1.807) is 19.4 Å². The first kappa shape index (κ1) is 16.7. The van der Waals surface area contributed by atoms with Gasteiger partial charge in [-0.3, -0.25) is 9.69 Å². The number of ether oxygens (including phenoxy) is 1. The number of aryl methyl sites for hydroxylation is 1. The van der Waals surface area contributed by atoms with Crippen LogP contribution < -0.4 is 10.9 Å². The summed E-state index contributed by atoms with van der Waals surface area (Å²) in [5, 5.41) is 3.12. The average Bonchev–Trinajstić information content (AvgIpc) is 3.13. The molecule has 0 aliphatic carbocycles. The van der Waals surface area contributed by atoms with Gasteiger partial charge >= 0.3 is 0 Å². The van der Waals surface area contributed by atoms with Crippen molar-refractivity contribution in [2.24, 2.45) is 7.05 Å². The summed E-state index contributed by atoms with van der Waals surface area (Å²) in [5.41, 5.74) is 2.03. The Labute approximate surface area is 151 Å². The monoisotopic (exact) mass is 354 g/mol. The number of fused-ring (bicyclic) bond motifs is 1. The third-order valence-corrected chi connectivity index (χ3v) is 4.64. The second kappa shape index (κ2) is 7.27. The molecule has 4 rings (SSSR count). The molecule has 0 unspecified atom stereocenters. The van der Waals surface area contributed by atoms with Crippen molar-refractivity contribution < 1.29 is 4.74 Å². The van der Waals surface area contributed by atoms with E-state index in [1.165, 1.54) is 10.3 Å². The van der Waals surface area contributed by atoms with E-state index in [2.05, 4.69) is 30.7 Å². The lowest BCUT2D eigenvalue weighted by Gasteiger charge is -2.33. The number of nitrogens with zero attached hydrogens (tertiary/aromatic N) is 5. The quantitative estimate of drug-likeness (QED) is 0.728. The van der Waals surface area contributed by atoms with Crippen molar-refractivity contribution in [2.75, 3.05) is 31.6 Å². The predicted octanol–water partition coefficient (Wildman–Crippen LogP) is 0.741. The molecule has 0 amide bonds. The van der Waals surface area contributed by atoms with Crippen LogP contribution in [0.1, 0.15) is 5.69 Å². The molecule has 1 aliphatic rings. The van der Waals surface area contributed by atoms with Crippen LogP contribution in [0.3, 0.4) is 0 Å². The molecule has 0 aromatic carbocycles. The van der Waals surface area contributed by atoms with Gasteiger partial charge in [0, 0.05) is 63.7 Å². The Morgan fingerprint density at radius 3 is 3.08 bits per heavy atom. The fraction of sp³-hybridized carbons (Fsp3) is 0.389. The zero-order valence-corrected chi connectivity index (χ0v) is 14.7. The van der Waals surface area contributed by atoms with Crippen LogP contribution >= 0.6 is 0 Å². The lowest BCUT2D eigenvalue weighted by molar-refractivity contribution is -0.0245. The van der Waals surface area contributed by atoms with Crippen LogP contribution in [0.5, 0.6) is 0 Å². The van der Waals surface area contributed by atoms with E-state index in [1.807, 2.05) is 24.5 Å². The van der Waals surface area contributed by atoms with Crippen LogP contribution in [0.15, 0.2) is 47.8 Å². The Morgan fingerprint density at radius 2 is 2.15 bits per heavy atom. The minimum Gasteiger partial charge on any atom is -0.374 e. The zero-order chi connectivity index (χ0) is 17.9. The zero-order valence-electron chi connectivity index (χ0n) is 14.7. The van der Waals surface area contributed by atoms with Gasteiger partial charge in [0.15, 0.2) is 5.82 Å². The van der Waals surface area contributed by atoms with Crippen molar-refractivity contribution in [3.8, 4) is 0 Å². The van der Waals surface area contributed by atoms with Crippen LogP contribution in [0.25, 0.3) is 5.65 Å². The summed E-state index contributed by atoms with van der Waals surface area (Å²) >= 11 is 0. The minimum atomic E-state index is -0.132. The Balaban J connectivity index is 1.39. The SMILES string of the molecule is Cn1ccnc(NC[C@@H]2CN(Cc3cccc4nccn34)CCO2)c1=O. The van der Waals surface area contributed by atoms with E-state index in [0.717, 1.165) is 25.3 Å². The molecule has 4 heterocycles. The van der Waals surface area contributed by atoms with Crippen molar-refractivity contribution in [2.45, 2.75) is 12.6 Å². The third kappa shape index (κ3) is 3.47. The van der Waals surface area contributed by atoms with Gasteiger partial charge in [-0.2, -0.15) is 0 Å². The number of morpholine rings is 1. The predicted molar refractivity (Wildman–Crippen MR) is 98.2 cm³/mol. The Hall–Kier alpha value is -2.71. The molecule has 1 aliphatic heterocycles. The summed E-state index contributed by atoms with van der Waals surface area (Å²) in [7, 11) is 1.71. The van der Waals surface area contributed by atoms with Crippen molar-refractivity contribution >= 4 is 11.5 Å². The summed E-state index contributed by atoms with van der Waals surface area (Å²) in [6.45, 7) is 3.74.